The summed E-state index contributed by atoms with van der Waals surface area (Å²) >= 11 is 1.18. The molecule has 0 radical (unpaired) electrons. The van der Waals surface area contributed by atoms with Crippen LogP contribution in [0, 0.1) is 5.92 Å². The van der Waals surface area contributed by atoms with Crippen LogP contribution >= 0.6 is 11.5 Å². The summed E-state index contributed by atoms with van der Waals surface area (Å²) in [6.07, 6.45) is 1.81. The smallest absolute Gasteiger partial charge is 0.265 e. The quantitative estimate of drug-likeness (QED) is 0.824. The fourth-order valence-electron chi connectivity index (χ4n) is 2.75. The number of amides is 1. The molecule has 1 amide bonds. The van der Waals surface area contributed by atoms with Gasteiger partial charge in [0, 0.05) is 25.7 Å². The van der Waals surface area contributed by atoms with Crippen LogP contribution in [-0.2, 0) is 11.2 Å². The first kappa shape index (κ1) is 17.3. The minimum Gasteiger partial charge on any atom is -0.379 e. The van der Waals surface area contributed by atoms with Gasteiger partial charge in [-0.25, -0.2) is 0 Å². The average Bonchev–Trinajstić information content (AvgIpc) is 3.00. The minimum absolute atomic E-state index is 0.0473. The van der Waals surface area contributed by atoms with Crippen molar-refractivity contribution in [3.63, 3.8) is 0 Å². The van der Waals surface area contributed by atoms with Gasteiger partial charge in [0.2, 0.25) is 0 Å². The highest BCUT2D eigenvalue weighted by molar-refractivity contribution is 7.08. The standard InChI is InChI=1S/C15H26N4O2S/c1-4-13-14(22-18-17-13)15(20)16-10-12(9-11(2)3)19-5-7-21-8-6-19/h11-12H,4-10H2,1-3H3,(H,16,20)/t12-/m0/s1. The van der Waals surface area contributed by atoms with Crippen LogP contribution in [0.5, 0.6) is 0 Å². The summed E-state index contributed by atoms with van der Waals surface area (Å²) in [7, 11) is 0. The van der Waals surface area contributed by atoms with Crippen molar-refractivity contribution < 1.29 is 9.53 Å². The van der Waals surface area contributed by atoms with Gasteiger partial charge in [-0.3, -0.25) is 9.69 Å². The first-order chi connectivity index (χ1) is 10.6. The predicted molar refractivity (Wildman–Crippen MR) is 87.3 cm³/mol. The van der Waals surface area contributed by atoms with Crippen LogP contribution in [0.15, 0.2) is 0 Å². The number of aryl methyl sites for hydroxylation is 1. The molecule has 0 unspecified atom stereocenters. The number of ether oxygens (including phenoxy) is 1. The van der Waals surface area contributed by atoms with Gasteiger partial charge in [0.15, 0.2) is 0 Å². The Kier molecular flexibility index (Phi) is 6.72. The molecule has 2 rings (SSSR count). The molecule has 1 aliphatic heterocycles. The van der Waals surface area contributed by atoms with Crippen LogP contribution in [0.3, 0.4) is 0 Å². The zero-order valence-corrected chi connectivity index (χ0v) is 14.5. The summed E-state index contributed by atoms with van der Waals surface area (Å²) in [6.45, 7) is 10.5. The van der Waals surface area contributed by atoms with Crippen molar-refractivity contribution in [2.75, 3.05) is 32.8 Å². The molecule has 1 fully saturated rings. The fourth-order valence-corrected chi connectivity index (χ4v) is 3.42. The second kappa shape index (κ2) is 8.55. The van der Waals surface area contributed by atoms with E-state index in [-0.39, 0.29) is 5.91 Å². The summed E-state index contributed by atoms with van der Waals surface area (Å²) in [6, 6.07) is 0.360. The van der Waals surface area contributed by atoms with Crippen LogP contribution in [0.4, 0.5) is 0 Å². The molecular formula is C15H26N4O2S. The van der Waals surface area contributed by atoms with E-state index >= 15 is 0 Å². The third kappa shape index (κ3) is 4.72. The van der Waals surface area contributed by atoms with E-state index in [9.17, 15) is 4.79 Å². The second-order valence-corrected chi connectivity index (χ2v) is 6.80. The number of morpholine rings is 1. The van der Waals surface area contributed by atoms with Crippen molar-refractivity contribution >= 4 is 17.4 Å². The molecule has 0 aliphatic carbocycles. The van der Waals surface area contributed by atoms with Gasteiger partial charge in [-0.05, 0) is 30.3 Å². The molecule has 1 aromatic rings. The number of carbonyl (C=O) groups excluding carboxylic acids is 1. The molecular weight excluding hydrogens is 300 g/mol. The Labute approximate surface area is 136 Å². The van der Waals surface area contributed by atoms with E-state index in [0.29, 0.717) is 23.4 Å². The largest absolute Gasteiger partial charge is 0.379 e. The lowest BCUT2D eigenvalue weighted by Crippen LogP contribution is -2.49. The van der Waals surface area contributed by atoms with Gasteiger partial charge in [0.25, 0.3) is 5.91 Å². The zero-order valence-electron chi connectivity index (χ0n) is 13.7. The molecule has 6 nitrogen and oxygen atoms in total. The van der Waals surface area contributed by atoms with Crippen LogP contribution in [-0.4, -0.2) is 59.3 Å². The molecule has 0 spiro atoms. The Hall–Kier alpha value is -1.05. The number of hydrogen-bond donors (Lipinski definition) is 1. The molecule has 1 aliphatic rings. The maximum atomic E-state index is 12.3. The number of aromatic nitrogens is 2. The number of carbonyl (C=O) groups is 1. The van der Waals surface area contributed by atoms with Crippen molar-refractivity contribution in [3.05, 3.63) is 10.6 Å². The molecule has 7 heteroatoms. The molecule has 0 aromatic carbocycles. The molecule has 2 heterocycles. The summed E-state index contributed by atoms with van der Waals surface area (Å²) < 4.78 is 9.31. The third-order valence-corrected chi connectivity index (χ3v) is 4.67. The van der Waals surface area contributed by atoms with E-state index in [0.717, 1.165) is 44.8 Å². The maximum absolute atomic E-state index is 12.3. The van der Waals surface area contributed by atoms with Crippen LogP contribution in [0.2, 0.25) is 0 Å². The van der Waals surface area contributed by atoms with Crippen molar-refractivity contribution in [3.8, 4) is 0 Å². The van der Waals surface area contributed by atoms with E-state index in [4.69, 9.17) is 4.74 Å². The van der Waals surface area contributed by atoms with Crippen molar-refractivity contribution in [1.82, 2.24) is 19.8 Å². The van der Waals surface area contributed by atoms with Gasteiger partial charge in [-0.2, -0.15) is 0 Å². The van der Waals surface area contributed by atoms with E-state index < -0.39 is 0 Å². The van der Waals surface area contributed by atoms with Gasteiger partial charge in [-0.15, -0.1) is 5.10 Å². The number of hydrogen-bond acceptors (Lipinski definition) is 6. The minimum atomic E-state index is -0.0473. The highest BCUT2D eigenvalue weighted by atomic mass is 32.1. The molecule has 1 saturated heterocycles. The number of nitrogens with zero attached hydrogens (tertiary/aromatic N) is 3. The number of rotatable bonds is 7. The van der Waals surface area contributed by atoms with Gasteiger partial charge in [-0.1, -0.05) is 25.3 Å². The van der Waals surface area contributed by atoms with E-state index in [1.807, 2.05) is 6.92 Å². The summed E-state index contributed by atoms with van der Waals surface area (Å²) in [5.41, 5.74) is 0.786. The van der Waals surface area contributed by atoms with Crippen molar-refractivity contribution in [1.29, 1.82) is 0 Å². The Morgan fingerprint density at radius 3 is 2.77 bits per heavy atom. The average molecular weight is 326 g/mol. The van der Waals surface area contributed by atoms with E-state index in [2.05, 4.69) is 33.7 Å². The summed E-state index contributed by atoms with van der Waals surface area (Å²) in [5.74, 6) is 0.551. The van der Waals surface area contributed by atoms with Gasteiger partial charge >= 0.3 is 0 Å². The topological polar surface area (TPSA) is 67.4 Å². The Morgan fingerprint density at radius 1 is 1.41 bits per heavy atom. The molecule has 124 valence electrons. The Balaban J connectivity index is 1.93. The predicted octanol–water partition coefficient (Wildman–Crippen LogP) is 1.58. The lowest BCUT2D eigenvalue weighted by molar-refractivity contribution is 0.0125. The lowest BCUT2D eigenvalue weighted by Gasteiger charge is -2.35. The molecule has 0 bridgehead atoms. The van der Waals surface area contributed by atoms with E-state index in [1.165, 1.54) is 11.5 Å². The summed E-state index contributed by atoms with van der Waals surface area (Å²) in [4.78, 5) is 15.4. The first-order valence-corrected chi connectivity index (χ1v) is 8.80. The Bertz CT molecular complexity index is 472. The third-order valence-electron chi connectivity index (χ3n) is 3.90. The summed E-state index contributed by atoms with van der Waals surface area (Å²) in [5, 5.41) is 7.07. The highest BCUT2D eigenvalue weighted by Gasteiger charge is 2.23. The highest BCUT2D eigenvalue weighted by Crippen LogP contribution is 2.14. The van der Waals surface area contributed by atoms with Gasteiger partial charge in [0.1, 0.15) is 4.88 Å². The second-order valence-electron chi connectivity index (χ2n) is 6.04. The van der Waals surface area contributed by atoms with Crippen molar-refractivity contribution in [2.45, 2.75) is 39.7 Å². The number of nitrogens with one attached hydrogen (secondary N) is 1. The van der Waals surface area contributed by atoms with E-state index in [1.54, 1.807) is 0 Å². The first-order valence-electron chi connectivity index (χ1n) is 8.03. The van der Waals surface area contributed by atoms with Crippen LogP contribution in [0.25, 0.3) is 0 Å². The molecule has 1 atom stereocenters. The van der Waals surface area contributed by atoms with Crippen molar-refractivity contribution in [2.24, 2.45) is 5.92 Å². The van der Waals surface area contributed by atoms with Gasteiger partial charge < -0.3 is 10.1 Å². The van der Waals surface area contributed by atoms with Crippen LogP contribution in [0.1, 0.15) is 42.6 Å². The Morgan fingerprint density at radius 2 is 2.14 bits per heavy atom. The van der Waals surface area contributed by atoms with Crippen LogP contribution < -0.4 is 5.32 Å². The lowest BCUT2D eigenvalue weighted by atomic mass is 10.0. The molecule has 1 aromatic heterocycles. The maximum Gasteiger partial charge on any atom is 0.265 e. The normalized spacial score (nSPS) is 17.6. The molecule has 0 saturated carbocycles. The SMILES string of the molecule is CCc1nnsc1C(=O)NC[C@H](CC(C)C)N1CCOCC1. The molecule has 1 N–H and O–H groups in total. The molecule has 22 heavy (non-hydrogen) atoms. The monoisotopic (exact) mass is 326 g/mol. The fraction of sp³-hybridized carbons (Fsp3) is 0.800. The van der Waals surface area contributed by atoms with Gasteiger partial charge in [0.05, 0.1) is 18.9 Å². The zero-order chi connectivity index (χ0) is 15.9.